The molecule has 0 aliphatic heterocycles. The Hall–Kier alpha value is -1.87. The molecule has 4 heteroatoms. The lowest BCUT2D eigenvalue weighted by Crippen LogP contribution is -1.96. The molecule has 0 unspecified atom stereocenters. The Bertz CT molecular complexity index is 540. The van der Waals surface area contributed by atoms with Crippen molar-refractivity contribution in [2.75, 3.05) is 7.11 Å². The average molecular weight is 265 g/mol. The van der Waals surface area contributed by atoms with Crippen molar-refractivity contribution in [2.24, 2.45) is 0 Å². The van der Waals surface area contributed by atoms with E-state index in [0.717, 1.165) is 11.3 Å². The number of hydrogen-bond acceptors (Lipinski definition) is 3. The van der Waals surface area contributed by atoms with Gasteiger partial charge in [0.2, 0.25) is 0 Å². The van der Waals surface area contributed by atoms with Crippen LogP contribution in [0.15, 0.2) is 42.5 Å². The third-order valence-electron chi connectivity index (χ3n) is 2.47. The molecule has 2 aromatic rings. The van der Waals surface area contributed by atoms with Gasteiger partial charge < -0.3 is 14.6 Å². The molecule has 0 fully saturated rings. The van der Waals surface area contributed by atoms with Crippen LogP contribution >= 0.6 is 11.6 Å². The van der Waals surface area contributed by atoms with E-state index in [0.29, 0.717) is 17.4 Å². The van der Waals surface area contributed by atoms with Gasteiger partial charge >= 0.3 is 0 Å². The number of ether oxygens (including phenoxy) is 2. The lowest BCUT2D eigenvalue weighted by molar-refractivity contribution is 0.303. The van der Waals surface area contributed by atoms with Crippen LogP contribution in [0.4, 0.5) is 0 Å². The van der Waals surface area contributed by atoms with Gasteiger partial charge in [-0.05, 0) is 24.3 Å². The summed E-state index contributed by atoms with van der Waals surface area (Å²) in [6.45, 7) is 0.340. The fourth-order valence-electron chi connectivity index (χ4n) is 1.51. The lowest BCUT2D eigenvalue weighted by atomic mass is 10.2. The minimum absolute atomic E-state index is 0.144. The Balaban J connectivity index is 2.06. The third kappa shape index (κ3) is 3.08. The second kappa shape index (κ2) is 5.65. The molecule has 0 aliphatic rings. The van der Waals surface area contributed by atoms with Gasteiger partial charge in [0.05, 0.1) is 12.1 Å². The molecule has 0 aliphatic carbocycles. The van der Waals surface area contributed by atoms with E-state index in [1.807, 2.05) is 18.2 Å². The molecule has 0 saturated heterocycles. The molecule has 2 aromatic carbocycles. The predicted octanol–water partition coefficient (Wildman–Crippen LogP) is 3.63. The summed E-state index contributed by atoms with van der Waals surface area (Å²) >= 11 is 5.99. The molecule has 3 nitrogen and oxygen atoms in total. The van der Waals surface area contributed by atoms with Crippen LogP contribution in [0.1, 0.15) is 5.56 Å². The zero-order chi connectivity index (χ0) is 13.0. The fourth-order valence-corrected chi connectivity index (χ4v) is 1.73. The van der Waals surface area contributed by atoms with E-state index < -0.39 is 0 Å². The zero-order valence-corrected chi connectivity index (χ0v) is 10.6. The largest absolute Gasteiger partial charge is 0.508 e. The van der Waals surface area contributed by atoms with Crippen molar-refractivity contribution >= 4 is 11.6 Å². The van der Waals surface area contributed by atoms with Crippen LogP contribution in [0.5, 0.6) is 17.2 Å². The first-order valence-electron chi connectivity index (χ1n) is 5.43. The van der Waals surface area contributed by atoms with Crippen molar-refractivity contribution in [1.82, 2.24) is 0 Å². The van der Waals surface area contributed by atoms with Gasteiger partial charge in [-0.25, -0.2) is 0 Å². The quantitative estimate of drug-likeness (QED) is 0.916. The Kier molecular flexibility index (Phi) is 3.95. The van der Waals surface area contributed by atoms with E-state index in [-0.39, 0.29) is 5.75 Å². The molecule has 0 amide bonds. The molecule has 1 N–H and O–H groups in total. The summed E-state index contributed by atoms with van der Waals surface area (Å²) in [4.78, 5) is 0. The normalized spacial score (nSPS) is 10.1. The molecule has 94 valence electrons. The molecule has 0 radical (unpaired) electrons. The minimum atomic E-state index is 0.144. The van der Waals surface area contributed by atoms with Crippen LogP contribution in [0.3, 0.4) is 0 Å². The van der Waals surface area contributed by atoms with E-state index in [1.54, 1.807) is 25.3 Å². The topological polar surface area (TPSA) is 38.7 Å². The van der Waals surface area contributed by atoms with Gasteiger partial charge in [0.15, 0.2) is 0 Å². The maximum Gasteiger partial charge on any atom is 0.123 e. The highest BCUT2D eigenvalue weighted by atomic mass is 35.5. The van der Waals surface area contributed by atoms with Gasteiger partial charge in [-0.15, -0.1) is 0 Å². The van der Waals surface area contributed by atoms with Crippen LogP contribution in [-0.2, 0) is 6.61 Å². The van der Waals surface area contributed by atoms with Crippen LogP contribution in [-0.4, -0.2) is 12.2 Å². The summed E-state index contributed by atoms with van der Waals surface area (Å²) < 4.78 is 10.7. The molecule has 0 saturated carbocycles. The zero-order valence-electron chi connectivity index (χ0n) is 9.89. The lowest BCUT2D eigenvalue weighted by Gasteiger charge is -2.09. The SMILES string of the molecule is COc1cccc(OCc2ccc(O)cc2Cl)c1. The van der Waals surface area contributed by atoms with Crippen molar-refractivity contribution in [3.05, 3.63) is 53.1 Å². The maximum absolute atomic E-state index is 9.25. The molecule has 0 heterocycles. The molecule has 0 aromatic heterocycles. The summed E-state index contributed by atoms with van der Waals surface area (Å²) in [5.41, 5.74) is 0.817. The first-order valence-corrected chi connectivity index (χ1v) is 5.81. The van der Waals surface area contributed by atoms with E-state index >= 15 is 0 Å². The number of methoxy groups -OCH3 is 1. The fraction of sp³-hybridized carbons (Fsp3) is 0.143. The molecule has 0 bridgehead atoms. The number of hydrogen-bond donors (Lipinski definition) is 1. The molecule has 18 heavy (non-hydrogen) atoms. The smallest absolute Gasteiger partial charge is 0.123 e. The number of benzene rings is 2. The second-order valence-corrected chi connectivity index (χ2v) is 4.15. The van der Waals surface area contributed by atoms with Gasteiger partial charge in [0.1, 0.15) is 23.9 Å². The number of rotatable bonds is 4. The van der Waals surface area contributed by atoms with E-state index in [2.05, 4.69) is 0 Å². The Morgan fingerprint density at radius 1 is 1.11 bits per heavy atom. The van der Waals surface area contributed by atoms with Gasteiger partial charge in [-0.3, -0.25) is 0 Å². The average Bonchev–Trinajstić information content (AvgIpc) is 2.38. The van der Waals surface area contributed by atoms with Crippen molar-refractivity contribution in [1.29, 1.82) is 0 Å². The molecular weight excluding hydrogens is 252 g/mol. The van der Waals surface area contributed by atoms with Gasteiger partial charge in [-0.1, -0.05) is 23.7 Å². The van der Waals surface area contributed by atoms with Crippen LogP contribution < -0.4 is 9.47 Å². The first kappa shape index (κ1) is 12.6. The number of phenolic OH excluding ortho intramolecular Hbond substituents is 1. The van der Waals surface area contributed by atoms with Crippen LogP contribution in [0.2, 0.25) is 5.02 Å². The maximum atomic E-state index is 9.25. The number of halogens is 1. The summed E-state index contributed by atoms with van der Waals surface area (Å²) in [6.07, 6.45) is 0. The molecular formula is C14H13ClO3. The van der Waals surface area contributed by atoms with E-state index in [1.165, 1.54) is 6.07 Å². The standard InChI is InChI=1S/C14H13ClO3/c1-17-12-3-2-4-13(8-12)18-9-10-5-6-11(16)7-14(10)15/h2-8,16H,9H2,1H3. The predicted molar refractivity (Wildman–Crippen MR) is 70.4 cm³/mol. The first-order chi connectivity index (χ1) is 8.69. The monoisotopic (exact) mass is 264 g/mol. The molecule has 0 atom stereocenters. The van der Waals surface area contributed by atoms with Crippen molar-refractivity contribution < 1.29 is 14.6 Å². The van der Waals surface area contributed by atoms with E-state index in [9.17, 15) is 5.11 Å². The summed E-state index contributed by atoms with van der Waals surface area (Å²) in [5.74, 6) is 1.59. The van der Waals surface area contributed by atoms with Gasteiger partial charge in [0, 0.05) is 11.6 Å². The highest BCUT2D eigenvalue weighted by Crippen LogP contribution is 2.24. The summed E-state index contributed by atoms with van der Waals surface area (Å²) in [6, 6.07) is 12.2. The third-order valence-corrected chi connectivity index (χ3v) is 2.82. The number of phenols is 1. The molecule has 2 rings (SSSR count). The Morgan fingerprint density at radius 3 is 2.61 bits per heavy atom. The highest BCUT2D eigenvalue weighted by Gasteiger charge is 2.03. The Morgan fingerprint density at radius 2 is 1.89 bits per heavy atom. The summed E-state index contributed by atoms with van der Waals surface area (Å²) in [5, 5.41) is 9.73. The van der Waals surface area contributed by atoms with Gasteiger partial charge in [0.25, 0.3) is 0 Å². The van der Waals surface area contributed by atoms with Gasteiger partial charge in [-0.2, -0.15) is 0 Å². The Labute approximate surface area is 111 Å². The minimum Gasteiger partial charge on any atom is -0.508 e. The number of aromatic hydroxyl groups is 1. The van der Waals surface area contributed by atoms with Crippen LogP contribution in [0.25, 0.3) is 0 Å². The van der Waals surface area contributed by atoms with Crippen molar-refractivity contribution in [3.63, 3.8) is 0 Å². The highest BCUT2D eigenvalue weighted by molar-refractivity contribution is 6.31. The van der Waals surface area contributed by atoms with E-state index in [4.69, 9.17) is 21.1 Å². The van der Waals surface area contributed by atoms with Crippen molar-refractivity contribution in [3.8, 4) is 17.2 Å². The second-order valence-electron chi connectivity index (χ2n) is 3.74. The summed E-state index contributed by atoms with van der Waals surface area (Å²) in [7, 11) is 1.61. The van der Waals surface area contributed by atoms with Crippen molar-refractivity contribution in [2.45, 2.75) is 6.61 Å². The molecule has 0 spiro atoms. The van der Waals surface area contributed by atoms with Crippen LogP contribution in [0, 0.1) is 0 Å².